The largest absolute Gasteiger partial charge is 0.497 e. The summed E-state index contributed by atoms with van der Waals surface area (Å²) in [5, 5.41) is 0. The van der Waals surface area contributed by atoms with E-state index < -0.39 is 26.4 Å². The van der Waals surface area contributed by atoms with Crippen molar-refractivity contribution in [3.8, 4) is 5.75 Å². The van der Waals surface area contributed by atoms with Crippen LogP contribution in [-0.4, -0.2) is 38.2 Å². The molecule has 0 spiro atoms. The van der Waals surface area contributed by atoms with Crippen LogP contribution in [0.4, 0.5) is 4.39 Å². The number of halogens is 1. The summed E-state index contributed by atoms with van der Waals surface area (Å²) >= 11 is 0. The van der Waals surface area contributed by atoms with Crippen molar-refractivity contribution >= 4 is 20.1 Å². The normalized spacial score (nSPS) is 18.8. The number of β-lactam (4-membered cyclic amide) rings is 1. The van der Waals surface area contributed by atoms with E-state index >= 15 is 0 Å². The molecule has 2 aromatic rings. The summed E-state index contributed by atoms with van der Waals surface area (Å²) in [4.78, 5) is 27.5. The van der Waals surface area contributed by atoms with E-state index in [9.17, 15) is 14.0 Å². The Morgan fingerprint density at radius 1 is 1.00 bits per heavy atom. The molecule has 2 aromatic carbocycles. The van der Waals surface area contributed by atoms with Gasteiger partial charge in [-0.2, -0.15) is 0 Å². The third-order valence-electron chi connectivity index (χ3n) is 6.12. The Morgan fingerprint density at radius 2 is 1.57 bits per heavy atom. The van der Waals surface area contributed by atoms with Gasteiger partial charge in [-0.3, -0.25) is 14.5 Å². The molecule has 0 unspecified atom stereocenters. The van der Waals surface area contributed by atoms with Crippen molar-refractivity contribution in [3.63, 3.8) is 0 Å². The van der Waals surface area contributed by atoms with E-state index in [0.29, 0.717) is 16.9 Å². The maximum atomic E-state index is 13.5. The van der Waals surface area contributed by atoms with Gasteiger partial charge in [-0.05, 0) is 60.1 Å². The summed E-state index contributed by atoms with van der Waals surface area (Å²) in [6.07, 6.45) is -0.718. The van der Waals surface area contributed by atoms with Gasteiger partial charge in [-0.25, -0.2) is 4.39 Å². The first-order chi connectivity index (χ1) is 14.4. The summed E-state index contributed by atoms with van der Waals surface area (Å²) < 4.78 is 25.1. The fourth-order valence-corrected chi connectivity index (χ4v) is 6.70. The number of carbonyl (C=O) groups excluding carboxylic acids is 2. The zero-order valence-electron chi connectivity index (χ0n) is 17.9. The maximum Gasteiger partial charge on any atom is 0.261 e. The molecule has 2 atom stereocenters. The second-order valence-electron chi connectivity index (χ2n) is 7.52. The zero-order valence-corrected chi connectivity index (χ0v) is 18.9. The number of hydrogen-bond donors (Lipinski definition) is 0. The van der Waals surface area contributed by atoms with Crippen LogP contribution in [0.1, 0.15) is 42.7 Å². The molecular weight excluding hydrogens is 401 g/mol. The van der Waals surface area contributed by atoms with Gasteiger partial charge in [-0.15, -0.1) is 0 Å². The van der Waals surface area contributed by atoms with Crippen LogP contribution in [0.15, 0.2) is 48.5 Å². The van der Waals surface area contributed by atoms with E-state index in [1.54, 1.807) is 43.5 Å². The Labute approximate surface area is 177 Å². The first kappa shape index (κ1) is 22.2. The minimum Gasteiger partial charge on any atom is -0.497 e. The molecule has 0 aromatic heterocycles. The molecule has 0 bridgehead atoms. The van der Waals surface area contributed by atoms with Crippen molar-refractivity contribution in [2.75, 3.05) is 7.11 Å². The Balaban J connectivity index is 1.94. The predicted octanol–water partition coefficient (Wildman–Crippen LogP) is 4.95. The van der Waals surface area contributed by atoms with Crippen molar-refractivity contribution in [2.45, 2.75) is 51.0 Å². The average molecular weight is 430 g/mol. The predicted molar refractivity (Wildman–Crippen MR) is 115 cm³/mol. The quantitative estimate of drug-likeness (QED) is 0.339. The molecule has 1 fully saturated rings. The third kappa shape index (κ3) is 4.04. The molecule has 5 nitrogen and oxygen atoms in total. The van der Waals surface area contributed by atoms with Crippen molar-refractivity contribution in [1.82, 2.24) is 4.90 Å². The highest BCUT2D eigenvalue weighted by Crippen LogP contribution is 2.41. The molecule has 0 saturated carbocycles. The number of likely N-dealkylation sites (tertiary alicyclic amines) is 1. The third-order valence-corrected chi connectivity index (χ3v) is 10.7. The standard InChI is InChI=1S/C23H28FNO4Si/c1-5-30(6-2,7-3)29-21-20(16-8-12-18(24)13-9-16)25(23(21)27)22(26)17-10-14-19(28-4)15-11-17/h8-15,20-21H,5-7H2,1-4H3/t20-,21+/m0/s1. The smallest absolute Gasteiger partial charge is 0.261 e. The first-order valence-corrected chi connectivity index (χ1v) is 12.9. The molecule has 0 aliphatic carbocycles. The molecule has 0 N–H and O–H groups in total. The highest BCUT2D eigenvalue weighted by molar-refractivity contribution is 6.73. The van der Waals surface area contributed by atoms with E-state index in [0.717, 1.165) is 18.1 Å². The maximum absolute atomic E-state index is 13.5. The highest BCUT2D eigenvalue weighted by Gasteiger charge is 2.54. The van der Waals surface area contributed by atoms with Crippen LogP contribution >= 0.6 is 0 Å². The molecule has 3 rings (SSSR count). The molecule has 0 radical (unpaired) electrons. The van der Waals surface area contributed by atoms with Gasteiger partial charge >= 0.3 is 0 Å². The summed E-state index contributed by atoms with van der Waals surface area (Å²) in [5.74, 6) is -0.470. The number of benzene rings is 2. The van der Waals surface area contributed by atoms with Crippen LogP contribution < -0.4 is 4.74 Å². The van der Waals surface area contributed by atoms with E-state index in [1.807, 2.05) is 0 Å². The molecule has 1 heterocycles. The van der Waals surface area contributed by atoms with Gasteiger partial charge in [0.15, 0.2) is 14.4 Å². The highest BCUT2D eigenvalue weighted by atomic mass is 28.4. The van der Waals surface area contributed by atoms with E-state index in [1.165, 1.54) is 17.0 Å². The number of rotatable bonds is 8. The van der Waals surface area contributed by atoms with Gasteiger partial charge < -0.3 is 9.16 Å². The van der Waals surface area contributed by atoms with Gasteiger partial charge in [-0.1, -0.05) is 32.9 Å². The number of amides is 2. The molecule has 30 heavy (non-hydrogen) atoms. The summed E-state index contributed by atoms with van der Waals surface area (Å²) in [5.41, 5.74) is 1.08. The minimum absolute atomic E-state index is 0.336. The van der Waals surface area contributed by atoms with Gasteiger partial charge in [0.1, 0.15) is 11.6 Å². The lowest BCUT2D eigenvalue weighted by Gasteiger charge is -2.48. The molecule has 2 amide bonds. The van der Waals surface area contributed by atoms with E-state index in [4.69, 9.17) is 9.16 Å². The van der Waals surface area contributed by atoms with Gasteiger partial charge in [0, 0.05) is 5.56 Å². The number of nitrogens with zero attached hydrogens (tertiary/aromatic N) is 1. The topological polar surface area (TPSA) is 55.8 Å². The first-order valence-electron chi connectivity index (χ1n) is 10.3. The molecule has 1 saturated heterocycles. The van der Waals surface area contributed by atoms with Crippen molar-refractivity contribution in [3.05, 3.63) is 65.5 Å². The lowest BCUT2D eigenvalue weighted by atomic mass is 9.90. The monoisotopic (exact) mass is 429 g/mol. The number of hydrogen-bond acceptors (Lipinski definition) is 4. The molecular formula is C23H28FNO4Si. The summed E-state index contributed by atoms with van der Waals surface area (Å²) in [7, 11) is -0.534. The lowest BCUT2D eigenvalue weighted by molar-refractivity contribution is -0.158. The number of ether oxygens (including phenoxy) is 1. The van der Waals surface area contributed by atoms with E-state index in [2.05, 4.69) is 20.8 Å². The molecule has 160 valence electrons. The van der Waals surface area contributed by atoms with Crippen LogP contribution in [0.25, 0.3) is 0 Å². The lowest BCUT2D eigenvalue weighted by Crippen LogP contribution is -2.64. The SMILES string of the molecule is CC[Si](CC)(CC)O[C@H]1C(=O)N(C(=O)c2ccc(OC)cc2)[C@H]1c1ccc(F)cc1. The number of imide groups is 1. The van der Waals surface area contributed by atoms with E-state index in [-0.39, 0.29) is 11.7 Å². The van der Waals surface area contributed by atoms with Crippen LogP contribution in [-0.2, 0) is 9.22 Å². The Bertz CT molecular complexity index is 888. The van der Waals surface area contributed by atoms with Gasteiger partial charge in [0.2, 0.25) is 0 Å². The minimum atomic E-state index is -2.08. The van der Waals surface area contributed by atoms with Gasteiger partial charge in [0.05, 0.1) is 13.2 Å². The Kier molecular flexibility index (Phi) is 6.73. The van der Waals surface area contributed by atoms with Crippen LogP contribution in [0, 0.1) is 5.82 Å². The van der Waals surface area contributed by atoms with Crippen LogP contribution in [0.5, 0.6) is 5.75 Å². The fourth-order valence-electron chi connectivity index (χ4n) is 3.93. The number of methoxy groups -OCH3 is 1. The number of carbonyl (C=O) groups is 2. The molecule has 1 aliphatic heterocycles. The second-order valence-corrected chi connectivity index (χ2v) is 12.2. The Hall–Kier alpha value is -2.51. The fraction of sp³-hybridized carbons (Fsp3) is 0.391. The van der Waals surface area contributed by atoms with Crippen molar-refractivity contribution < 1.29 is 23.1 Å². The molecule has 7 heteroatoms. The van der Waals surface area contributed by atoms with Crippen molar-refractivity contribution in [1.29, 1.82) is 0 Å². The van der Waals surface area contributed by atoms with Crippen molar-refractivity contribution in [2.24, 2.45) is 0 Å². The zero-order chi connectivity index (χ0) is 21.9. The van der Waals surface area contributed by atoms with Crippen LogP contribution in [0.2, 0.25) is 18.1 Å². The Morgan fingerprint density at radius 3 is 2.07 bits per heavy atom. The van der Waals surface area contributed by atoms with Gasteiger partial charge in [0.25, 0.3) is 11.8 Å². The van der Waals surface area contributed by atoms with Crippen LogP contribution in [0.3, 0.4) is 0 Å². The second kappa shape index (κ2) is 9.10. The summed E-state index contributed by atoms with van der Waals surface area (Å²) in [6.45, 7) is 6.28. The average Bonchev–Trinajstić information content (AvgIpc) is 2.79. The molecule has 1 aliphatic rings. The summed E-state index contributed by atoms with van der Waals surface area (Å²) in [6, 6.07) is 14.7.